The highest BCUT2D eigenvalue weighted by atomic mass is 31.2. The van der Waals surface area contributed by atoms with Crippen LogP contribution in [0.2, 0.25) is 0 Å². The Labute approximate surface area is 184 Å². The molecule has 0 saturated heterocycles. The minimum atomic E-state index is -3.89. The highest BCUT2D eigenvalue weighted by molar-refractivity contribution is 7.47. The van der Waals surface area contributed by atoms with Gasteiger partial charge in [0.15, 0.2) is 0 Å². The van der Waals surface area contributed by atoms with Crippen LogP contribution in [-0.2, 0) is 23.1 Å². The van der Waals surface area contributed by atoms with Gasteiger partial charge in [-0.2, -0.15) is 0 Å². The lowest BCUT2D eigenvalue weighted by molar-refractivity contribution is -0.136. The zero-order valence-corrected chi connectivity index (χ0v) is 20.7. The van der Waals surface area contributed by atoms with E-state index in [1.807, 2.05) is 0 Å². The van der Waals surface area contributed by atoms with Gasteiger partial charge in [0.1, 0.15) is 6.61 Å². The van der Waals surface area contributed by atoms with Crippen LogP contribution >= 0.6 is 7.82 Å². The van der Waals surface area contributed by atoms with E-state index < -0.39 is 7.82 Å². The first-order valence-electron chi connectivity index (χ1n) is 11.3. The van der Waals surface area contributed by atoms with Crippen LogP contribution in [0.1, 0.15) is 86.0 Å². The Bertz CT molecular complexity index is 468. The third-order valence-electron chi connectivity index (χ3n) is 4.68. The summed E-state index contributed by atoms with van der Waals surface area (Å²) in [5.41, 5.74) is 0. The highest BCUT2D eigenvalue weighted by Gasteiger charge is 2.24. The molecule has 0 saturated carbocycles. The van der Waals surface area contributed by atoms with E-state index in [1.54, 1.807) is 13.0 Å². The van der Waals surface area contributed by atoms with Crippen LogP contribution in [0.5, 0.6) is 0 Å². The van der Waals surface area contributed by atoms with Gasteiger partial charge in [-0.3, -0.25) is 9.05 Å². The summed E-state index contributed by atoms with van der Waals surface area (Å²) in [4.78, 5) is 20.2. The third-order valence-corrected chi connectivity index (χ3v) is 5.63. The van der Waals surface area contributed by atoms with Crippen molar-refractivity contribution in [3.8, 4) is 0 Å². The van der Waals surface area contributed by atoms with Crippen molar-refractivity contribution in [2.24, 2.45) is 11.8 Å². The standard InChI is InChI=1S/C16H35O4P.C7H10O2/c1-5-9-11-15(7-3)13-19-21(17,18)20-14-16(8-4)12-10-6-2;1-3-5-7(8)9-6-4-2/h15-16H,5-14H2,1-4H3,(H,17,18);3-5H,2,6H2,1H3/b;5-3+. The largest absolute Gasteiger partial charge is 0.472 e. The monoisotopic (exact) mass is 448 g/mol. The number of phosphoric ester groups is 1. The first-order valence-corrected chi connectivity index (χ1v) is 12.8. The maximum absolute atomic E-state index is 11.9. The second-order valence-corrected chi connectivity index (χ2v) is 8.77. The topological polar surface area (TPSA) is 82.1 Å². The van der Waals surface area contributed by atoms with Crippen molar-refractivity contribution < 1.29 is 28.0 Å². The third kappa shape index (κ3) is 20.3. The Kier molecular flexibility index (Phi) is 22.2. The number of allylic oxidation sites excluding steroid dienone is 1. The van der Waals surface area contributed by atoms with E-state index in [0.29, 0.717) is 25.0 Å². The Morgan fingerprint density at radius 1 is 1.00 bits per heavy atom. The zero-order chi connectivity index (χ0) is 23.3. The predicted molar refractivity (Wildman–Crippen MR) is 124 cm³/mol. The van der Waals surface area contributed by atoms with E-state index in [1.165, 1.54) is 12.2 Å². The van der Waals surface area contributed by atoms with Crippen LogP contribution in [0, 0.1) is 11.8 Å². The Morgan fingerprint density at radius 2 is 1.47 bits per heavy atom. The lowest BCUT2D eigenvalue weighted by Crippen LogP contribution is -2.12. The molecule has 6 nitrogen and oxygen atoms in total. The summed E-state index contributed by atoms with van der Waals surface area (Å²) in [6, 6.07) is 0. The molecule has 1 N–H and O–H groups in total. The van der Waals surface area contributed by atoms with Crippen molar-refractivity contribution >= 4 is 13.8 Å². The molecule has 0 spiro atoms. The van der Waals surface area contributed by atoms with Crippen LogP contribution in [0.4, 0.5) is 0 Å². The van der Waals surface area contributed by atoms with Gasteiger partial charge >= 0.3 is 13.8 Å². The molecule has 2 unspecified atom stereocenters. The van der Waals surface area contributed by atoms with E-state index in [9.17, 15) is 14.3 Å². The number of carbonyl (C=O) groups is 1. The van der Waals surface area contributed by atoms with Gasteiger partial charge in [0.05, 0.1) is 13.2 Å². The van der Waals surface area contributed by atoms with Crippen molar-refractivity contribution in [3.63, 3.8) is 0 Å². The van der Waals surface area contributed by atoms with E-state index in [4.69, 9.17) is 9.05 Å². The Balaban J connectivity index is 0. The fourth-order valence-electron chi connectivity index (χ4n) is 2.56. The molecule has 0 fully saturated rings. The molecule has 0 heterocycles. The number of hydrogen-bond donors (Lipinski definition) is 1. The molecule has 178 valence electrons. The van der Waals surface area contributed by atoms with Crippen LogP contribution < -0.4 is 0 Å². The minimum Gasteiger partial charge on any atom is -0.458 e. The molecule has 0 aromatic heterocycles. The molecule has 0 rings (SSSR count). The average Bonchev–Trinajstić information content (AvgIpc) is 2.73. The maximum Gasteiger partial charge on any atom is 0.472 e. The summed E-state index contributed by atoms with van der Waals surface area (Å²) >= 11 is 0. The number of rotatable bonds is 17. The number of carbonyl (C=O) groups excluding carboxylic acids is 1. The number of esters is 1. The Morgan fingerprint density at radius 3 is 1.80 bits per heavy atom. The molecule has 0 aliphatic rings. The molecule has 30 heavy (non-hydrogen) atoms. The van der Waals surface area contributed by atoms with Crippen molar-refractivity contribution in [1.29, 1.82) is 0 Å². The summed E-state index contributed by atoms with van der Waals surface area (Å²) < 4.78 is 26.8. The molecule has 0 aliphatic heterocycles. The lowest BCUT2D eigenvalue weighted by atomic mass is 10.0. The molecule has 2 atom stereocenters. The van der Waals surface area contributed by atoms with E-state index in [2.05, 4.69) is 39.0 Å². The van der Waals surface area contributed by atoms with E-state index in [0.717, 1.165) is 51.4 Å². The summed E-state index contributed by atoms with van der Waals surface area (Å²) in [6.45, 7) is 14.5. The molecular formula is C23H45O6P. The molecule has 0 aromatic rings. The SMILES string of the molecule is C=CCOC(=O)/C=C/C.CCCCC(CC)COP(=O)(O)OCC(CC)CCCC. The van der Waals surface area contributed by atoms with Crippen LogP contribution in [0.3, 0.4) is 0 Å². The summed E-state index contributed by atoms with van der Waals surface area (Å²) in [5, 5.41) is 0. The van der Waals surface area contributed by atoms with Crippen LogP contribution in [-0.4, -0.2) is 30.7 Å². The molecule has 0 bridgehead atoms. The van der Waals surface area contributed by atoms with Crippen molar-refractivity contribution in [2.45, 2.75) is 86.0 Å². The van der Waals surface area contributed by atoms with Gasteiger partial charge in [0.25, 0.3) is 0 Å². The number of hydrogen-bond acceptors (Lipinski definition) is 5. The second kappa shape index (κ2) is 21.3. The lowest BCUT2D eigenvalue weighted by Gasteiger charge is -2.20. The van der Waals surface area contributed by atoms with Crippen molar-refractivity contribution in [3.05, 3.63) is 24.8 Å². The first kappa shape index (κ1) is 31.2. The van der Waals surface area contributed by atoms with Gasteiger partial charge in [-0.05, 0) is 31.6 Å². The predicted octanol–water partition coefficient (Wildman–Crippen LogP) is 6.84. The molecule has 7 heteroatoms. The van der Waals surface area contributed by atoms with Gasteiger partial charge < -0.3 is 9.63 Å². The summed E-state index contributed by atoms with van der Waals surface area (Å²) in [7, 11) is -3.89. The molecular weight excluding hydrogens is 403 g/mol. The molecule has 0 aromatic carbocycles. The van der Waals surface area contributed by atoms with Crippen molar-refractivity contribution in [2.75, 3.05) is 19.8 Å². The summed E-state index contributed by atoms with van der Waals surface area (Å²) in [6.07, 6.45) is 13.1. The highest BCUT2D eigenvalue weighted by Crippen LogP contribution is 2.44. The first-order chi connectivity index (χ1) is 14.3. The quantitative estimate of drug-likeness (QED) is 0.113. The fraction of sp³-hybridized carbons (Fsp3) is 0.783. The van der Waals surface area contributed by atoms with Crippen LogP contribution in [0.25, 0.3) is 0 Å². The Hall–Kier alpha value is -0.940. The smallest absolute Gasteiger partial charge is 0.458 e. The van der Waals surface area contributed by atoms with Gasteiger partial charge in [-0.25, -0.2) is 9.36 Å². The van der Waals surface area contributed by atoms with Gasteiger partial charge in [0.2, 0.25) is 0 Å². The van der Waals surface area contributed by atoms with E-state index in [-0.39, 0.29) is 12.6 Å². The van der Waals surface area contributed by atoms with Gasteiger partial charge in [-0.15, -0.1) is 0 Å². The van der Waals surface area contributed by atoms with E-state index >= 15 is 0 Å². The number of unbranched alkanes of at least 4 members (excludes halogenated alkanes) is 2. The van der Waals surface area contributed by atoms with Gasteiger partial charge in [0, 0.05) is 6.08 Å². The summed E-state index contributed by atoms with van der Waals surface area (Å²) in [5.74, 6) is 0.365. The number of phosphoric acid groups is 1. The average molecular weight is 449 g/mol. The zero-order valence-electron chi connectivity index (χ0n) is 19.8. The molecule has 0 amide bonds. The second-order valence-electron chi connectivity index (χ2n) is 7.31. The fourth-order valence-corrected chi connectivity index (χ4v) is 3.43. The van der Waals surface area contributed by atoms with Crippen LogP contribution in [0.15, 0.2) is 24.8 Å². The molecule has 0 radical (unpaired) electrons. The number of ether oxygens (including phenoxy) is 1. The molecule has 0 aliphatic carbocycles. The minimum absolute atomic E-state index is 0.281. The maximum atomic E-state index is 11.9. The van der Waals surface area contributed by atoms with Crippen molar-refractivity contribution in [1.82, 2.24) is 0 Å². The van der Waals surface area contributed by atoms with Gasteiger partial charge in [-0.1, -0.05) is 85.0 Å². The normalized spacial score (nSPS) is 15.0.